The van der Waals surface area contributed by atoms with Crippen LogP contribution in [0.5, 0.6) is 0 Å². The summed E-state index contributed by atoms with van der Waals surface area (Å²) in [5.41, 5.74) is 0. The third-order valence-electron chi connectivity index (χ3n) is 5.39. The Bertz CT molecular complexity index is 434. The average Bonchev–Trinajstić information content (AvgIpc) is 2.99. The average molecular weight is 346 g/mol. The Morgan fingerprint density at radius 3 is 2.50 bits per heavy atom. The van der Waals surface area contributed by atoms with Gasteiger partial charge in [-0.2, -0.15) is 0 Å². The summed E-state index contributed by atoms with van der Waals surface area (Å²) in [6.45, 7) is 3.41. The van der Waals surface area contributed by atoms with Gasteiger partial charge in [-0.1, -0.05) is 0 Å². The molecule has 3 rings (SSSR count). The lowest BCUT2D eigenvalue weighted by molar-refractivity contribution is -0.175. The summed E-state index contributed by atoms with van der Waals surface area (Å²) in [5.74, 6) is -2.59. The molecule has 5 nitrogen and oxygen atoms in total. The monoisotopic (exact) mass is 346 g/mol. The van der Waals surface area contributed by atoms with Gasteiger partial charge in [-0.15, -0.1) is 0 Å². The largest absolute Gasteiger partial charge is 0.466 e. The third kappa shape index (κ3) is 4.24. The molecule has 0 amide bonds. The zero-order valence-electron chi connectivity index (χ0n) is 14.4. The second-order valence-corrected chi connectivity index (χ2v) is 7.22. The normalized spacial score (nSPS) is 34.0. The number of nitrogens with zero attached hydrogens (tertiary/aromatic N) is 2. The number of carbonyl (C=O) groups excluding carboxylic acids is 1. The van der Waals surface area contributed by atoms with E-state index in [2.05, 4.69) is 4.90 Å². The van der Waals surface area contributed by atoms with Crippen LogP contribution in [0.2, 0.25) is 0 Å². The number of hydrogen-bond donors (Lipinski definition) is 0. The third-order valence-corrected chi connectivity index (χ3v) is 5.39. The highest BCUT2D eigenvalue weighted by atomic mass is 19.3. The van der Waals surface area contributed by atoms with E-state index >= 15 is 0 Å². The van der Waals surface area contributed by atoms with Gasteiger partial charge in [-0.05, 0) is 45.4 Å². The SMILES string of the molecule is CCOC(=O)C1CCC(OCN2CCC[C@H]2N2CC(F)(F)C2)CC1. The van der Waals surface area contributed by atoms with Gasteiger partial charge >= 0.3 is 5.97 Å². The van der Waals surface area contributed by atoms with Crippen molar-refractivity contribution in [3.05, 3.63) is 0 Å². The maximum Gasteiger partial charge on any atom is 0.308 e. The number of rotatable bonds is 6. The molecule has 24 heavy (non-hydrogen) atoms. The fraction of sp³-hybridized carbons (Fsp3) is 0.941. The molecule has 3 fully saturated rings. The topological polar surface area (TPSA) is 42.0 Å². The first-order chi connectivity index (χ1) is 11.5. The summed E-state index contributed by atoms with van der Waals surface area (Å²) in [6.07, 6.45) is 5.58. The van der Waals surface area contributed by atoms with Gasteiger partial charge in [0.05, 0.1) is 37.9 Å². The molecule has 0 N–H and O–H groups in total. The second-order valence-electron chi connectivity index (χ2n) is 7.22. The Morgan fingerprint density at radius 1 is 1.17 bits per heavy atom. The van der Waals surface area contributed by atoms with Gasteiger partial charge in [0.25, 0.3) is 5.92 Å². The van der Waals surface area contributed by atoms with Gasteiger partial charge in [-0.3, -0.25) is 14.6 Å². The van der Waals surface area contributed by atoms with Crippen LogP contribution in [0.1, 0.15) is 45.4 Å². The molecule has 1 atom stereocenters. The molecule has 1 saturated carbocycles. The summed E-state index contributed by atoms with van der Waals surface area (Å²) >= 11 is 0. The number of halogens is 2. The summed E-state index contributed by atoms with van der Waals surface area (Å²) in [6, 6.07) is 0. The van der Waals surface area contributed by atoms with Gasteiger partial charge in [0.15, 0.2) is 0 Å². The Kier molecular flexibility index (Phi) is 5.72. The molecule has 2 aliphatic heterocycles. The molecule has 2 heterocycles. The van der Waals surface area contributed by atoms with E-state index in [0.29, 0.717) is 13.3 Å². The van der Waals surface area contributed by atoms with Gasteiger partial charge in [0, 0.05) is 6.54 Å². The molecule has 138 valence electrons. The van der Waals surface area contributed by atoms with Crippen LogP contribution in [0.3, 0.4) is 0 Å². The van der Waals surface area contributed by atoms with Gasteiger partial charge in [-0.25, -0.2) is 8.78 Å². The number of hydrogen-bond acceptors (Lipinski definition) is 5. The Balaban J connectivity index is 1.38. The first-order valence-corrected chi connectivity index (χ1v) is 9.12. The number of esters is 1. The predicted molar refractivity (Wildman–Crippen MR) is 84.6 cm³/mol. The molecule has 1 aliphatic carbocycles. The molecule has 0 aromatic heterocycles. The van der Waals surface area contributed by atoms with Crippen molar-refractivity contribution in [2.24, 2.45) is 5.92 Å². The highest BCUT2D eigenvalue weighted by Crippen LogP contribution is 2.34. The molecule has 0 bridgehead atoms. The molecule has 0 aromatic rings. The van der Waals surface area contributed by atoms with E-state index < -0.39 is 5.92 Å². The number of ether oxygens (including phenoxy) is 2. The highest BCUT2D eigenvalue weighted by molar-refractivity contribution is 5.72. The van der Waals surface area contributed by atoms with Crippen LogP contribution in [0, 0.1) is 5.92 Å². The molecule has 7 heteroatoms. The van der Waals surface area contributed by atoms with Crippen molar-refractivity contribution in [2.45, 2.75) is 63.6 Å². The number of alkyl halides is 2. The van der Waals surface area contributed by atoms with Crippen molar-refractivity contribution in [2.75, 3.05) is 33.0 Å². The molecule has 0 aromatic carbocycles. The van der Waals surface area contributed by atoms with Crippen molar-refractivity contribution < 1.29 is 23.0 Å². The lowest BCUT2D eigenvalue weighted by Crippen LogP contribution is -2.62. The standard InChI is InChI=1S/C17H28F2N2O3/c1-2-23-16(22)13-5-7-14(8-6-13)24-12-20-9-3-4-15(20)21-10-17(18,19)11-21/h13-15H,2-12H2,1H3/t13?,14?,15-/m1/s1. The minimum absolute atomic E-state index is 0.00709. The Labute approximate surface area is 142 Å². The highest BCUT2D eigenvalue weighted by Gasteiger charge is 2.48. The minimum atomic E-state index is -2.51. The number of likely N-dealkylation sites (tertiary alicyclic amines) is 2. The molecule has 0 spiro atoms. The van der Waals surface area contributed by atoms with E-state index in [1.807, 2.05) is 11.8 Å². The van der Waals surface area contributed by atoms with Crippen LogP contribution in [0.25, 0.3) is 0 Å². The molecular formula is C17H28F2N2O3. The van der Waals surface area contributed by atoms with Crippen LogP contribution in [-0.4, -0.2) is 66.9 Å². The first kappa shape index (κ1) is 18.0. The first-order valence-electron chi connectivity index (χ1n) is 9.12. The fourth-order valence-corrected chi connectivity index (χ4v) is 4.06. The van der Waals surface area contributed by atoms with E-state index in [1.54, 1.807) is 0 Å². The van der Waals surface area contributed by atoms with E-state index in [4.69, 9.17) is 9.47 Å². The molecular weight excluding hydrogens is 318 g/mol. The van der Waals surface area contributed by atoms with Gasteiger partial charge < -0.3 is 9.47 Å². The van der Waals surface area contributed by atoms with Crippen molar-refractivity contribution in [1.82, 2.24) is 9.80 Å². The van der Waals surface area contributed by atoms with Crippen molar-refractivity contribution in [1.29, 1.82) is 0 Å². The van der Waals surface area contributed by atoms with Gasteiger partial charge in [0.1, 0.15) is 6.73 Å². The van der Waals surface area contributed by atoms with Crippen LogP contribution in [-0.2, 0) is 14.3 Å². The second kappa shape index (κ2) is 7.62. The molecule has 0 radical (unpaired) electrons. The fourth-order valence-electron chi connectivity index (χ4n) is 4.06. The van der Waals surface area contributed by atoms with Crippen LogP contribution >= 0.6 is 0 Å². The maximum atomic E-state index is 13.1. The lowest BCUT2D eigenvalue weighted by atomic mass is 9.87. The molecule has 2 saturated heterocycles. The quantitative estimate of drug-likeness (QED) is 0.691. The Hall–Kier alpha value is -0.790. The smallest absolute Gasteiger partial charge is 0.308 e. The maximum absolute atomic E-state index is 13.1. The summed E-state index contributed by atoms with van der Waals surface area (Å²) in [7, 11) is 0. The van der Waals surface area contributed by atoms with Crippen molar-refractivity contribution in [3.8, 4) is 0 Å². The van der Waals surface area contributed by atoms with E-state index in [1.165, 1.54) is 0 Å². The lowest BCUT2D eigenvalue weighted by Gasteiger charge is -2.45. The summed E-state index contributed by atoms with van der Waals surface area (Å²) in [4.78, 5) is 15.8. The number of carbonyl (C=O) groups is 1. The van der Waals surface area contributed by atoms with Crippen LogP contribution < -0.4 is 0 Å². The predicted octanol–water partition coefficient (Wildman–Crippen LogP) is 2.46. The van der Waals surface area contributed by atoms with Crippen molar-refractivity contribution >= 4 is 5.97 Å². The van der Waals surface area contributed by atoms with Gasteiger partial charge in [0.2, 0.25) is 0 Å². The van der Waals surface area contributed by atoms with E-state index in [0.717, 1.165) is 45.1 Å². The van der Waals surface area contributed by atoms with Crippen LogP contribution in [0.4, 0.5) is 8.78 Å². The summed E-state index contributed by atoms with van der Waals surface area (Å²) < 4.78 is 37.2. The minimum Gasteiger partial charge on any atom is -0.466 e. The summed E-state index contributed by atoms with van der Waals surface area (Å²) in [5, 5.41) is 0. The molecule has 3 aliphatic rings. The van der Waals surface area contributed by atoms with E-state index in [-0.39, 0.29) is 37.2 Å². The van der Waals surface area contributed by atoms with E-state index in [9.17, 15) is 13.6 Å². The van der Waals surface area contributed by atoms with Crippen molar-refractivity contribution in [3.63, 3.8) is 0 Å². The zero-order chi connectivity index (χ0) is 17.2. The molecule has 0 unspecified atom stereocenters. The zero-order valence-corrected chi connectivity index (χ0v) is 14.4. The Morgan fingerprint density at radius 2 is 1.88 bits per heavy atom. The van der Waals surface area contributed by atoms with Crippen LogP contribution in [0.15, 0.2) is 0 Å².